The third kappa shape index (κ3) is 3.72. The number of hydrogen-bond donors (Lipinski definition) is 1. The molecule has 0 saturated carbocycles. The Morgan fingerprint density at radius 2 is 1.93 bits per heavy atom. The van der Waals surface area contributed by atoms with Crippen molar-refractivity contribution in [2.45, 2.75) is 37.8 Å². The molecule has 0 aliphatic carbocycles. The Balaban J connectivity index is 2.43. The fourth-order valence-electron chi connectivity index (χ4n) is 1.18. The molecule has 0 aliphatic rings. The fourth-order valence-corrected chi connectivity index (χ4v) is 1.59. The third-order valence-electron chi connectivity index (χ3n) is 2.43. The lowest BCUT2D eigenvalue weighted by molar-refractivity contribution is 0.534. The highest BCUT2D eigenvalue weighted by atomic mass is 32.2. The van der Waals surface area contributed by atoms with E-state index in [0.717, 1.165) is 6.54 Å². The van der Waals surface area contributed by atoms with Crippen molar-refractivity contribution in [3.8, 4) is 0 Å². The summed E-state index contributed by atoms with van der Waals surface area (Å²) in [6, 6.07) is 9.36. The maximum atomic E-state index is 3.48. The molecule has 0 radical (unpaired) electrons. The zero-order valence-electron chi connectivity index (χ0n) is 9.21. The molecule has 1 N–H and O–H groups in total. The molecule has 78 valence electrons. The van der Waals surface area contributed by atoms with Gasteiger partial charge in [0, 0.05) is 17.5 Å². The molecule has 0 saturated heterocycles. The maximum absolute atomic E-state index is 3.48. The van der Waals surface area contributed by atoms with Gasteiger partial charge in [-0.15, -0.1) is 11.8 Å². The van der Waals surface area contributed by atoms with Crippen LogP contribution in [0.5, 0.6) is 0 Å². The molecule has 1 aromatic carbocycles. The molecule has 14 heavy (non-hydrogen) atoms. The van der Waals surface area contributed by atoms with E-state index in [1.54, 1.807) is 11.8 Å². The maximum Gasteiger partial charge on any atom is 0.0207 e. The summed E-state index contributed by atoms with van der Waals surface area (Å²) in [5.74, 6) is 0. The number of thioether (sulfide) groups is 1. The molecule has 0 heterocycles. The van der Waals surface area contributed by atoms with Crippen LogP contribution >= 0.6 is 11.8 Å². The lowest BCUT2D eigenvalue weighted by Crippen LogP contribution is -2.24. The quantitative estimate of drug-likeness (QED) is 0.747. The van der Waals surface area contributed by atoms with E-state index in [2.05, 4.69) is 49.7 Å². The first-order valence-electron chi connectivity index (χ1n) is 5.12. The predicted molar refractivity (Wildman–Crippen MR) is 64.8 cm³/mol. The van der Waals surface area contributed by atoms with Gasteiger partial charge in [-0.3, -0.25) is 0 Å². The minimum absolute atomic E-state index is 0.607. The molecule has 0 unspecified atom stereocenters. The van der Waals surface area contributed by atoms with Crippen LogP contribution in [-0.4, -0.2) is 12.3 Å². The second kappa shape index (κ2) is 6.10. The molecule has 0 bridgehead atoms. The lowest BCUT2D eigenvalue weighted by Gasteiger charge is -2.11. The Morgan fingerprint density at radius 3 is 2.43 bits per heavy atom. The van der Waals surface area contributed by atoms with E-state index >= 15 is 0 Å². The highest BCUT2D eigenvalue weighted by Crippen LogP contribution is 2.14. The average molecular weight is 209 g/mol. The van der Waals surface area contributed by atoms with Gasteiger partial charge in [-0.05, 0) is 37.3 Å². The first kappa shape index (κ1) is 11.6. The summed E-state index contributed by atoms with van der Waals surface area (Å²) in [5.41, 5.74) is 1.36. The van der Waals surface area contributed by atoms with Crippen molar-refractivity contribution >= 4 is 11.8 Å². The van der Waals surface area contributed by atoms with Gasteiger partial charge in [-0.2, -0.15) is 0 Å². The van der Waals surface area contributed by atoms with E-state index in [9.17, 15) is 0 Å². The van der Waals surface area contributed by atoms with Gasteiger partial charge in [-0.1, -0.05) is 19.1 Å². The smallest absolute Gasteiger partial charge is 0.0207 e. The number of benzene rings is 1. The molecule has 1 atom stereocenters. The van der Waals surface area contributed by atoms with Crippen LogP contribution in [0.1, 0.15) is 25.8 Å². The zero-order valence-corrected chi connectivity index (χ0v) is 10.0. The third-order valence-corrected chi connectivity index (χ3v) is 3.17. The summed E-state index contributed by atoms with van der Waals surface area (Å²) in [6.07, 6.45) is 3.29. The Bertz CT molecular complexity index is 256. The molecule has 0 fully saturated rings. The van der Waals surface area contributed by atoms with E-state index in [0.29, 0.717) is 6.04 Å². The Labute approximate surface area is 91.3 Å². The second-order valence-electron chi connectivity index (χ2n) is 3.54. The van der Waals surface area contributed by atoms with Crippen molar-refractivity contribution in [3.05, 3.63) is 29.8 Å². The van der Waals surface area contributed by atoms with E-state index in [1.807, 2.05) is 0 Å². The van der Waals surface area contributed by atoms with Crippen LogP contribution in [0, 0.1) is 0 Å². The second-order valence-corrected chi connectivity index (χ2v) is 4.42. The van der Waals surface area contributed by atoms with Crippen molar-refractivity contribution < 1.29 is 0 Å². The largest absolute Gasteiger partial charge is 0.310 e. The van der Waals surface area contributed by atoms with E-state index < -0.39 is 0 Å². The van der Waals surface area contributed by atoms with E-state index in [1.165, 1.54) is 16.9 Å². The van der Waals surface area contributed by atoms with Crippen LogP contribution in [-0.2, 0) is 6.54 Å². The molecule has 2 heteroatoms. The summed E-state index contributed by atoms with van der Waals surface area (Å²) in [4.78, 5) is 1.33. The summed E-state index contributed by atoms with van der Waals surface area (Å²) in [5, 5.41) is 3.48. The highest BCUT2D eigenvalue weighted by molar-refractivity contribution is 7.98. The Morgan fingerprint density at radius 1 is 1.29 bits per heavy atom. The summed E-state index contributed by atoms with van der Waals surface area (Å²) in [7, 11) is 0. The molecule has 0 spiro atoms. The lowest BCUT2D eigenvalue weighted by atomic mass is 10.2. The zero-order chi connectivity index (χ0) is 10.4. The van der Waals surface area contributed by atoms with Crippen molar-refractivity contribution in [2.24, 2.45) is 0 Å². The topological polar surface area (TPSA) is 12.0 Å². The summed E-state index contributed by atoms with van der Waals surface area (Å²) >= 11 is 1.79. The van der Waals surface area contributed by atoms with Crippen LogP contribution in [0.3, 0.4) is 0 Å². The number of hydrogen-bond acceptors (Lipinski definition) is 2. The normalized spacial score (nSPS) is 12.8. The van der Waals surface area contributed by atoms with E-state index in [4.69, 9.17) is 0 Å². The predicted octanol–water partition coefficient (Wildman–Crippen LogP) is 3.30. The number of nitrogens with one attached hydrogen (secondary N) is 1. The van der Waals surface area contributed by atoms with Gasteiger partial charge >= 0.3 is 0 Å². The molecule has 0 amide bonds. The summed E-state index contributed by atoms with van der Waals surface area (Å²) < 4.78 is 0. The summed E-state index contributed by atoms with van der Waals surface area (Å²) in [6.45, 7) is 5.40. The van der Waals surface area contributed by atoms with Crippen molar-refractivity contribution in [1.82, 2.24) is 5.32 Å². The van der Waals surface area contributed by atoms with Gasteiger partial charge < -0.3 is 5.32 Å². The van der Waals surface area contributed by atoms with Gasteiger partial charge in [0.2, 0.25) is 0 Å². The first-order valence-corrected chi connectivity index (χ1v) is 6.35. The van der Waals surface area contributed by atoms with Gasteiger partial charge in [0.05, 0.1) is 0 Å². The minimum atomic E-state index is 0.607. The van der Waals surface area contributed by atoms with Crippen LogP contribution in [0.15, 0.2) is 29.2 Å². The monoisotopic (exact) mass is 209 g/mol. The first-order chi connectivity index (χ1) is 6.76. The SMILES string of the molecule is CC[C@@H](C)NCc1ccc(SC)cc1. The van der Waals surface area contributed by atoms with Gasteiger partial charge in [0.25, 0.3) is 0 Å². The van der Waals surface area contributed by atoms with Crippen LogP contribution in [0.4, 0.5) is 0 Å². The van der Waals surface area contributed by atoms with Crippen LogP contribution in [0.2, 0.25) is 0 Å². The highest BCUT2D eigenvalue weighted by Gasteiger charge is 1.97. The van der Waals surface area contributed by atoms with Crippen molar-refractivity contribution in [3.63, 3.8) is 0 Å². The molecule has 1 nitrogen and oxygen atoms in total. The number of rotatable bonds is 5. The molecular weight excluding hydrogens is 190 g/mol. The fraction of sp³-hybridized carbons (Fsp3) is 0.500. The van der Waals surface area contributed by atoms with Crippen LogP contribution < -0.4 is 5.32 Å². The van der Waals surface area contributed by atoms with Crippen LogP contribution in [0.25, 0.3) is 0 Å². The Hall–Kier alpha value is -0.470. The molecule has 0 aromatic heterocycles. The molecule has 1 rings (SSSR count). The Kier molecular flexibility index (Phi) is 5.05. The van der Waals surface area contributed by atoms with Gasteiger partial charge in [0.1, 0.15) is 0 Å². The molecular formula is C12H19NS. The standard InChI is InChI=1S/C12H19NS/c1-4-10(2)13-9-11-5-7-12(14-3)8-6-11/h5-8,10,13H,4,9H2,1-3H3/t10-/m1/s1. The van der Waals surface area contributed by atoms with Gasteiger partial charge in [0.15, 0.2) is 0 Å². The average Bonchev–Trinajstić information content (AvgIpc) is 2.26. The van der Waals surface area contributed by atoms with E-state index in [-0.39, 0.29) is 0 Å². The van der Waals surface area contributed by atoms with Crippen molar-refractivity contribution in [1.29, 1.82) is 0 Å². The minimum Gasteiger partial charge on any atom is -0.310 e. The van der Waals surface area contributed by atoms with Crippen molar-refractivity contribution in [2.75, 3.05) is 6.26 Å². The molecule has 0 aliphatic heterocycles. The van der Waals surface area contributed by atoms with Gasteiger partial charge in [-0.25, -0.2) is 0 Å². The molecule has 1 aromatic rings.